The molecule has 10 rings (SSSR count). The van der Waals surface area contributed by atoms with Crippen molar-refractivity contribution in [1.29, 1.82) is 0 Å². The van der Waals surface area contributed by atoms with Gasteiger partial charge in [-0.25, -0.2) is 23.1 Å². The molecule has 7 heteroatoms. The van der Waals surface area contributed by atoms with Crippen LogP contribution in [0.4, 0.5) is 17.6 Å². The highest BCUT2D eigenvalue weighted by molar-refractivity contribution is 5.55. The first kappa shape index (κ1) is 25.3. The minimum Gasteiger partial charge on any atom is -0.269 e. The van der Waals surface area contributed by atoms with E-state index in [1.54, 1.807) is 54.6 Å². The number of rotatable bonds is 0. The second-order valence-electron chi connectivity index (χ2n) is 11.6. The lowest BCUT2D eigenvalue weighted by atomic mass is 9.77. The van der Waals surface area contributed by atoms with Crippen LogP contribution < -0.4 is 4.57 Å². The average Bonchev–Trinajstić information content (AvgIpc) is 3.09. The maximum Gasteiger partial charge on any atom is 0.341 e. The SMILES string of the molecule is FC12c3[c-][n+](ccc3)C3(F)c4cccc(c4)C(F)(c4cccc1c4)c1cccc(n1)C(F)(c1cccc3c1)c1cccc2n1. The molecule has 4 unspecified atom stereocenters. The van der Waals surface area contributed by atoms with Crippen molar-refractivity contribution in [3.05, 3.63) is 195 Å². The Hall–Kier alpha value is -5.17. The van der Waals surface area contributed by atoms with E-state index in [1.165, 1.54) is 72.9 Å². The third-order valence-electron chi connectivity index (χ3n) is 9.30. The zero-order chi connectivity index (χ0) is 29.9. The van der Waals surface area contributed by atoms with Crippen molar-refractivity contribution >= 4 is 0 Å². The molecule has 0 spiro atoms. The number of aromatic nitrogens is 3. The molecule has 0 aliphatic carbocycles. The Balaban J connectivity index is 1.63. The third kappa shape index (κ3) is 2.94. The summed E-state index contributed by atoms with van der Waals surface area (Å²) in [5.41, 5.74) is -8.07. The van der Waals surface area contributed by atoms with Gasteiger partial charge in [0.25, 0.3) is 0 Å². The minimum absolute atomic E-state index is 0.0184. The van der Waals surface area contributed by atoms with E-state index in [0.29, 0.717) is 0 Å². The Bertz CT molecular complexity index is 1660. The fourth-order valence-electron chi connectivity index (χ4n) is 7.04. The Kier molecular flexibility index (Phi) is 4.76. The van der Waals surface area contributed by atoms with Crippen LogP contribution in [0.25, 0.3) is 0 Å². The molecule has 0 fully saturated rings. The Morgan fingerprint density at radius 2 is 0.864 bits per heavy atom. The Morgan fingerprint density at radius 3 is 1.43 bits per heavy atom. The summed E-state index contributed by atoms with van der Waals surface area (Å²) in [6.07, 6.45) is 4.45. The maximum absolute atomic E-state index is 18.3. The van der Waals surface area contributed by atoms with Crippen molar-refractivity contribution in [3.8, 4) is 0 Å². The van der Waals surface area contributed by atoms with Gasteiger partial charge in [-0.1, -0.05) is 54.6 Å². The van der Waals surface area contributed by atoms with Crippen LogP contribution in [0.2, 0.25) is 0 Å². The predicted octanol–water partition coefficient (Wildman–Crippen LogP) is 7.01. The van der Waals surface area contributed by atoms with Crippen LogP contribution in [-0.4, -0.2) is 9.97 Å². The van der Waals surface area contributed by atoms with Gasteiger partial charge in [-0.3, -0.25) is 4.57 Å². The van der Waals surface area contributed by atoms with Crippen LogP contribution in [0.15, 0.2) is 128 Å². The monoisotopic (exact) mass is 583 g/mol. The number of halogens is 4. The van der Waals surface area contributed by atoms with Gasteiger partial charge >= 0.3 is 5.79 Å². The molecule has 7 heterocycles. The summed E-state index contributed by atoms with van der Waals surface area (Å²) in [4.78, 5) is 9.31. The first-order valence-electron chi connectivity index (χ1n) is 14.3. The number of hydrogen-bond donors (Lipinski definition) is 0. The van der Waals surface area contributed by atoms with Crippen LogP contribution in [0.3, 0.4) is 0 Å². The van der Waals surface area contributed by atoms with Gasteiger partial charge in [0, 0.05) is 16.7 Å². The average molecular weight is 584 g/mol. The molecule has 4 aliphatic heterocycles. The van der Waals surface area contributed by atoms with Gasteiger partial charge in [-0.05, 0) is 65.7 Å². The molecule has 16 bridgehead atoms. The van der Waals surface area contributed by atoms with E-state index < -0.39 is 22.8 Å². The number of hydrogen-bond acceptors (Lipinski definition) is 2. The standard InChI is InChI=1S/C37H21F4N3/c38-34-23-7-1-8-24(19-23)35(39)29-13-6-18-44(22-29)37(41,27-11-2-9-25(34)20-27)28-12-3-10-26(21-28)36(40,32-16-4-14-30(34)42-32)33-17-5-15-31(35)43-33/h1-21H. The summed E-state index contributed by atoms with van der Waals surface area (Å²) < 4.78 is 74.4. The second-order valence-corrected chi connectivity index (χ2v) is 11.6. The Morgan fingerprint density at radius 1 is 0.455 bits per heavy atom. The van der Waals surface area contributed by atoms with Crippen molar-refractivity contribution in [2.45, 2.75) is 22.8 Å². The summed E-state index contributed by atoms with van der Waals surface area (Å²) in [6.45, 7) is 0. The van der Waals surface area contributed by atoms with Crippen molar-refractivity contribution in [2.24, 2.45) is 0 Å². The molecule has 44 heavy (non-hydrogen) atoms. The molecule has 0 amide bonds. The van der Waals surface area contributed by atoms with Gasteiger partial charge < -0.3 is 0 Å². The first-order chi connectivity index (χ1) is 21.3. The molecule has 0 radical (unpaired) electrons. The molecule has 3 aromatic carbocycles. The molecule has 3 nitrogen and oxygen atoms in total. The van der Waals surface area contributed by atoms with Crippen molar-refractivity contribution in [3.63, 3.8) is 0 Å². The van der Waals surface area contributed by atoms with Crippen molar-refractivity contribution in [2.75, 3.05) is 0 Å². The van der Waals surface area contributed by atoms with Gasteiger partial charge in [-0.15, -0.1) is 6.07 Å². The smallest absolute Gasteiger partial charge is 0.269 e. The molecule has 4 atom stereocenters. The van der Waals surface area contributed by atoms with E-state index in [4.69, 9.17) is 0 Å². The highest BCUT2D eigenvalue weighted by atomic mass is 19.2. The number of alkyl halides is 4. The summed E-state index contributed by atoms with van der Waals surface area (Å²) in [5.74, 6) is -2.54. The summed E-state index contributed by atoms with van der Waals surface area (Å²) >= 11 is 0. The van der Waals surface area contributed by atoms with Crippen molar-refractivity contribution in [1.82, 2.24) is 9.97 Å². The fraction of sp³-hybridized carbons (Fsp3) is 0.108. The van der Waals surface area contributed by atoms with Crippen LogP contribution in [0, 0.1) is 6.20 Å². The van der Waals surface area contributed by atoms with Gasteiger partial charge in [0.2, 0.25) is 11.3 Å². The largest absolute Gasteiger partial charge is 0.341 e. The lowest BCUT2D eigenvalue weighted by molar-refractivity contribution is -0.774. The van der Waals surface area contributed by atoms with Gasteiger partial charge in [0.05, 0.1) is 40.1 Å². The highest BCUT2D eigenvalue weighted by Crippen LogP contribution is 2.50. The highest BCUT2D eigenvalue weighted by Gasteiger charge is 2.51. The molecular formula is C37H21F4N3. The topological polar surface area (TPSA) is 29.7 Å². The van der Waals surface area contributed by atoms with E-state index >= 15 is 17.6 Å². The van der Waals surface area contributed by atoms with Crippen LogP contribution >= 0.6 is 0 Å². The molecule has 6 aromatic rings. The van der Waals surface area contributed by atoms with E-state index in [2.05, 4.69) is 16.2 Å². The molecule has 3 aromatic heterocycles. The summed E-state index contributed by atoms with van der Waals surface area (Å²) in [7, 11) is 0. The van der Waals surface area contributed by atoms with E-state index in [-0.39, 0.29) is 61.7 Å². The lowest BCUT2D eigenvalue weighted by Gasteiger charge is -2.36. The number of pyridine rings is 3. The second kappa shape index (κ2) is 8.26. The lowest BCUT2D eigenvalue weighted by Crippen LogP contribution is -2.56. The first-order valence-corrected chi connectivity index (χ1v) is 14.3. The van der Waals surface area contributed by atoms with Gasteiger partial charge in [-0.2, -0.15) is 10.5 Å². The third-order valence-corrected chi connectivity index (χ3v) is 9.30. The van der Waals surface area contributed by atoms with Crippen molar-refractivity contribution < 1.29 is 22.1 Å². The minimum atomic E-state index is -2.61. The van der Waals surface area contributed by atoms with Crippen LogP contribution in [-0.2, 0) is 22.8 Å². The molecule has 0 N–H and O–H groups in total. The number of benzene rings is 3. The Labute approximate surface area is 250 Å². The normalized spacial score (nSPS) is 27.0. The quantitative estimate of drug-likeness (QED) is 0.109. The van der Waals surface area contributed by atoms with Crippen LogP contribution in [0.1, 0.15) is 61.7 Å². The van der Waals surface area contributed by atoms with Crippen LogP contribution in [0.5, 0.6) is 0 Å². The predicted molar refractivity (Wildman–Crippen MR) is 154 cm³/mol. The molecule has 0 saturated heterocycles. The molecule has 0 saturated carbocycles. The summed E-state index contributed by atoms with van der Waals surface area (Å²) in [5, 5.41) is 0. The van der Waals surface area contributed by atoms with E-state index in [9.17, 15) is 0 Å². The molecular weight excluding hydrogens is 562 g/mol. The van der Waals surface area contributed by atoms with E-state index in [1.807, 2.05) is 0 Å². The summed E-state index contributed by atoms with van der Waals surface area (Å²) in [6, 6.07) is 30.3. The molecule has 4 aliphatic rings. The van der Waals surface area contributed by atoms with Gasteiger partial charge in [0.15, 0.2) is 5.67 Å². The number of nitrogens with zero attached hydrogens (tertiary/aromatic N) is 3. The van der Waals surface area contributed by atoms with Gasteiger partial charge in [0.1, 0.15) is 6.20 Å². The molecule has 212 valence electrons. The zero-order valence-electron chi connectivity index (χ0n) is 23.0. The zero-order valence-corrected chi connectivity index (χ0v) is 23.0. The fourth-order valence-corrected chi connectivity index (χ4v) is 7.04. The maximum atomic E-state index is 18.3. The van der Waals surface area contributed by atoms with E-state index in [0.717, 1.165) is 4.57 Å².